The van der Waals surface area contributed by atoms with Gasteiger partial charge in [-0.3, -0.25) is 4.79 Å². The highest BCUT2D eigenvalue weighted by atomic mass is 16.5. The van der Waals surface area contributed by atoms with Crippen molar-refractivity contribution in [3.05, 3.63) is 23.3 Å². The Labute approximate surface area is 87.1 Å². The Hall–Kier alpha value is -1.55. The van der Waals surface area contributed by atoms with Gasteiger partial charge in [0.05, 0.1) is 12.7 Å². The van der Waals surface area contributed by atoms with Gasteiger partial charge in [0.2, 0.25) is 0 Å². The number of ether oxygens (including phenoxy) is 1. The summed E-state index contributed by atoms with van der Waals surface area (Å²) < 4.78 is 4.93. The summed E-state index contributed by atoms with van der Waals surface area (Å²) in [6, 6.07) is 2.84. The maximum Gasteiger partial charge on any atom is 0.160 e. The minimum atomic E-state index is -0.906. The average molecular weight is 208 g/mol. The number of carbonyl (C=O) groups excluding carboxylic acids is 1. The summed E-state index contributed by atoms with van der Waals surface area (Å²) in [5, 5.41) is 19.4. The van der Waals surface area contributed by atoms with Gasteiger partial charge in [0.1, 0.15) is 0 Å². The summed E-state index contributed by atoms with van der Waals surface area (Å²) in [5.74, 6) is 0.184. The molecule has 2 N–H and O–H groups in total. The molecule has 0 bridgehead atoms. The Morgan fingerprint density at radius 3 is 2.60 bits per heavy atom. The Balaban J connectivity index is 2.55. The number of benzene rings is 1. The lowest BCUT2D eigenvalue weighted by atomic mass is 10.0. The van der Waals surface area contributed by atoms with E-state index in [-0.39, 0.29) is 11.5 Å². The fourth-order valence-corrected chi connectivity index (χ4v) is 1.64. The topological polar surface area (TPSA) is 66.8 Å². The zero-order valence-electron chi connectivity index (χ0n) is 8.36. The van der Waals surface area contributed by atoms with Gasteiger partial charge in [0, 0.05) is 5.56 Å². The van der Waals surface area contributed by atoms with Gasteiger partial charge >= 0.3 is 0 Å². The van der Waals surface area contributed by atoms with Crippen LogP contribution in [0.4, 0.5) is 0 Å². The van der Waals surface area contributed by atoms with E-state index in [2.05, 4.69) is 0 Å². The number of rotatable bonds is 3. The van der Waals surface area contributed by atoms with Gasteiger partial charge in [-0.2, -0.15) is 0 Å². The van der Waals surface area contributed by atoms with E-state index in [4.69, 9.17) is 4.74 Å². The van der Waals surface area contributed by atoms with Crippen LogP contribution in [-0.4, -0.2) is 23.6 Å². The summed E-state index contributed by atoms with van der Waals surface area (Å²) in [5.41, 5.74) is -0.0579. The van der Waals surface area contributed by atoms with Crippen molar-refractivity contribution in [2.75, 3.05) is 7.11 Å². The van der Waals surface area contributed by atoms with Crippen LogP contribution in [0.2, 0.25) is 0 Å². The van der Waals surface area contributed by atoms with E-state index in [1.165, 1.54) is 19.2 Å². The molecule has 1 aliphatic carbocycles. The Morgan fingerprint density at radius 1 is 1.47 bits per heavy atom. The summed E-state index contributed by atoms with van der Waals surface area (Å²) in [6.07, 6.45) is 1.91. The quantitative estimate of drug-likeness (QED) is 0.732. The highest BCUT2D eigenvalue weighted by molar-refractivity contribution is 5.80. The fraction of sp³-hybridized carbons (Fsp3) is 0.364. The standard InChI is InChI=1S/C11H12O4/c1-15-10-5-8(11(14)2-3-11)7(6-12)4-9(10)13/h4-6,13-14H,2-3H2,1H3. The first-order valence-electron chi connectivity index (χ1n) is 4.70. The molecule has 0 amide bonds. The molecule has 0 aromatic heterocycles. The number of methoxy groups -OCH3 is 1. The molecule has 80 valence electrons. The molecule has 0 heterocycles. The number of hydrogen-bond acceptors (Lipinski definition) is 4. The summed E-state index contributed by atoms with van der Waals surface area (Å²) in [4.78, 5) is 10.8. The van der Waals surface area contributed by atoms with Crippen LogP contribution in [0.25, 0.3) is 0 Å². The number of aldehydes is 1. The number of phenolic OH excluding ortho intramolecular Hbond substituents is 1. The summed E-state index contributed by atoms with van der Waals surface area (Å²) in [6.45, 7) is 0. The predicted molar refractivity (Wildman–Crippen MR) is 53.2 cm³/mol. The molecule has 4 nitrogen and oxygen atoms in total. The van der Waals surface area contributed by atoms with E-state index in [0.717, 1.165) is 0 Å². The lowest BCUT2D eigenvalue weighted by molar-refractivity contribution is 0.110. The van der Waals surface area contributed by atoms with Crippen molar-refractivity contribution in [3.8, 4) is 11.5 Å². The van der Waals surface area contributed by atoms with Crippen LogP contribution in [0.5, 0.6) is 11.5 Å². The predicted octanol–water partition coefficient (Wildman–Crippen LogP) is 1.19. The van der Waals surface area contributed by atoms with Crippen molar-refractivity contribution < 1.29 is 19.7 Å². The zero-order chi connectivity index (χ0) is 11.1. The van der Waals surface area contributed by atoms with Crippen LogP contribution >= 0.6 is 0 Å². The molecule has 0 radical (unpaired) electrons. The number of carbonyl (C=O) groups is 1. The molecular formula is C11H12O4. The van der Waals surface area contributed by atoms with Gasteiger partial charge in [-0.25, -0.2) is 0 Å². The molecule has 0 saturated heterocycles. The van der Waals surface area contributed by atoms with E-state index in [9.17, 15) is 15.0 Å². The fourth-order valence-electron chi connectivity index (χ4n) is 1.64. The van der Waals surface area contributed by atoms with Crippen molar-refractivity contribution in [3.63, 3.8) is 0 Å². The number of hydrogen-bond donors (Lipinski definition) is 2. The lowest BCUT2D eigenvalue weighted by Gasteiger charge is -2.13. The van der Waals surface area contributed by atoms with E-state index >= 15 is 0 Å². The normalized spacial score (nSPS) is 17.2. The third kappa shape index (κ3) is 1.57. The molecule has 1 aromatic rings. The van der Waals surface area contributed by atoms with Crippen LogP contribution < -0.4 is 4.74 Å². The molecule has 4 heteroatoms. The van der Waals surface area contributed by atoms with Crippen LogP contribution in [0, 0.1) is 0 Å². The SMILES string of the molecule is COc1cc(C2(O)CC2)c(C=O)cc1O. The third-order valence-electron chi connectivity index (χ3n) is 2.70. The first-order valence-corrected chi connectivity index (χ1v) is 4.70. The number of aromatic hydroxyl groups is 1. The first kappa shape index (κ1) is 9.98. The van der Waals surface area contributed by atoms with Crippen molar-refractivity contribution in [1.82, 2.24) is 0 Å². The van der Waals surface area contributed by atoms with Gasteiger partial charge < -0.3 is 14.9 Å². The van der Waals surface area contributed by atoms with Gasteiger partial charge in [0.15, 0.2) is 17.8 Å². The average Bonchev–Trinajstić information content (AvgIpc) is 2.97. The van der Waals surface area contributed by atoms with Crippen LogP contribution in [-0.2, 0) is 5.60 Å². The molecule has 1 fully saturated rings. The zero-order valence-corrected chi connectivity index (χ0v) is 8.36. The maximum absolute atomic E-state index is 10.8. The molecule has 0 aliphatic heterocycles. The molecule has 0 unspecified atom stereocenters. The molecule has 2 rings (SSSR count). The van der Waals surface area contributed by atoms with Crippen LogP contribution in [0.3, 0.4) is 0 Å². The smallest absolute Gasteiger partial charge is 0.160 e. The molecular weight excluding hydrogens is 196 g/mol. The van der Waals surface area contributed by atoms with Gasteiger partial charge in [-0.15, -0.1) is 0 Å². The van der Waals surface area contributed by atoms with Crippen molar-refractivity contribution in [2.45, 2.75) is 18.4 Å². The number of phenols is 1. The minimum absolute atomic E-state index is 0.0902. The maximum atomic E-state index is 10.8. The number of aliphatic hydroxyl groups is 1. The molecule has 0 atom stereocenters. The van der Waals surface area contributed by atoms with Crippen molar-refractivity contribution >= 4 is 6.29 Å². The Bertz CT molecular complexity index is 407. The highest BCUT2D eigenvalue weighted by Gasteiger charge is 2.44. The second kappa shape index (κ2) is 3.24. The lowest BCUT2D eigenvalue weighted by Crippen LogP contribution is -2.08. The monoisotopic (exact) mass is 208 g/mol. The van der Waals surface area contributed by atoms with Crippen molar-refractivity contribution in [2.24, 2.45) is 0 Å². The molecule has 15 heavy (non-hydrogen) atoms. The molecule has 1 saturated carbocycles. The molecule has 1 aromatic carbocycles. The Kier molecular flexibility index (Phi) is 2.16. The largest absolute Gasteiger partial charge is 0.504 e. The Morgan fingerprint density at radius 2 is 2.13 bits per heavy atom. The van der Waals surface area contributed by atoms with E-state index in [1.54, 1.807) is 0 Å². The first-order chi connectivity index (χ1) is 7.10. The van der Waals surface area contributed by atoms with E-state index in [0.29, 0.717) is 30.3 Å². The van der Waals surface area contributed by atoms with E-state index in [1.807, 2.05) is 0 Å². The second-order valence-corrected chi connectivity index (χ2v) is 3.76. The van der Waals surface area contributed by atoms with E-state index < -0.39 is 5.60 Å². The minimum Gasteiger partial charge on any atom is -0.504 e. The summed E-state index contributed by atoms with van der Waals surface area (Å²) in [7, 11) is 1.43. The highest BCUT2D eigenvalue weighted by Crippen LogP contribution is 2.48. The van der Waals surface area contributed by atoms with Crippen LogP contribution in [0.15, 0.2) is 12.1 Å². The van der Waals surface area contributed by atoms with Crippen LogP contribution in [0.1, 0.15) is 28.8 Å². The molecule has 1 aliphatic rings. The molecule has 0 spiro atoms. The van der Waals surface area contributed by atoms with Gasteiger partial charge in [0.25, 0.3) is 0 Å². The van der Waals surface area contributed by atoms with Gasteiger partial charge in [-0.05, 0) is 30.5 Å². The second-order valence-electron chi connectivity index (χ2n) is 3.76. The van der Waals surface area contributed by atoms with Crippen molar-refractivity contribution in [1.29, 1.82) is 0 Å². The van der Waals surface area contributed by atoms with Gasteiger partial charge in [-0.1, -0.05) is 0 Å². The third-order valence-corrected chi connectivity index (χ3v) is 2.70. The summed E-state index contributed by atoms with van der Waals surface area (Å²) >= 11 is 0.